The summed E-state index contributed by atoms with van der Waals surface area (Å²) in [4.78, 5) is 19.6. The highest BCUT2D eigenvalue weighted by Gasteiger charge is 2.30. The van der Waals surface area contributed by atoms with Gasteiger partial charge in [-0.05, 0) is 18.9 Å². The maximum Gasteiger partial charge on any atom is 0.246 e. The third kappa shape index (κ3) is 2.73. The molecular weight excluding hydrogens is 192 g/mol. The molecule has 0 aliphatic rings. The Balaban J connectivity index is 2.71. The van der Waals surface area contributed by atoms with Crippen molar-refractivity contribution in [2.24, 2.45) is 5.73 Å². The van der Waals surface area contributed by atoms with E-state index in [1.165, 1.54) is 0 Å². The van der Waals surface area contributed by atoms with Gasteiger partial charge in [0, 0.05) is 12.4 Å². The number of hydrogen-bond acceptors (Lipinski definition) is 4. The lowest BCUT2D eigenvalue weighted by Crippen LogP contribution is -2.50. The van der Waals surface area contributed by atoms with Gasteiger partial charge in [0.1, 0.15) is 0 Å². The Morgan fingerprint density at radius 3 is 2.40 bits per heavy atom. The molecule has 5 heteroatoms. The van der Waals surface area contributed by atoms with Gasteiger partial charge in [0.2, 0.25) is 11.9 Å². The van der Waals surface area contributed by atoms with Gasteiger partial charge in [0.15, 0.2) is 0 Å². The first-order valence-corrected chi connectivity index (χ1v) is 4.99. The average Bonchev–Trinajstić information content (AvgIpc) is 2.29. The van der Waals surface area contributed by atoms with Crippen molar-refractivity contribution in [1.29, 1.82) is 0 Å². The van der Waals surface area contributed by atoms with Crippen molar-refractivity contribution in [3.05, 3.63) is 18.5 Å². The predicted octanol–water partition coefficient (Wildman–Crippen LogP) is 0.933. The summed E-state index contributed by atoms with van der Waals surface area (Å²) in [5.74, 6) is 0.0536. The fourth-order valence-electron chi connectivity index (χ4n) is 1.16. The van der Waals surface area contributed by atoms with Crippen LogP contribution in [0.2, 0.25) is 0 Å². The number of nitrogens with two attached hydrogens (primary N) is 1. The Morgan fingerprint density at radius 2 is 1.93 bits per heavy atom. The molecule has 0 unspecified atom stereocenters. The first-order chi connectivity index (χ1) is 7.12. The number of aromatic nitrogens is 2. The number of carbonyl (C=O) groups is 1. The molecule has 0 spiro atoms. The minimum Gasteiger partial charge on any atom is -0.317 e. The zero-order chi connectivity index (χ0) is 11.3. The van der Waals surface area contributed by atoms with Crippen molar-refractivity contribution in [2.45, 2.75) is 32.2 Å². The zero-order valence-corrected chi connectivity index (χ0v) is 9.03. The molecule has 0 atom stereocenters. The van der Waals surface area contributed by atoms with E-state index in [-0.39, 0.29) is 5.91 Å². The molecule has 1 amide bonds. The van der Waals surface area contributed by atoms with Crippen LogP contribution in [0.25, 0.3) is 0 Å². The highest BCUT2D eigenvalue weighted by atomic mass is 16.2. The van der Waals surface area contributed by atoms with Gasteiger partial charge in [-0.1, -0.05) is 13.8 Å². The van der Waals surface area contributed by atoms with Gasteiger partial charge in [-0.15, -0.1) is 0 Å². The molecule has 0 aliphatic heterocycles. The van der Waals surface area contributed by atoms with Crippen molar-refractivity contribution < 1.29 is 4.79 Å². The molecule has 0 fully saturated rings. The van der Waals surface area contributed by atoms with Gasteiger partial charge in [0.05, 0.1) is 5.54 Å². The number of anilines is 1. The van der Waals surface area contributed by atoms with E-state index >= 15 is 0 Å². The van der Waals surface area contributed by atoms with Gasteiger partial charge in [-0.25, -0.2) is 9.97 Å². The lowest BCUT2D eigenvalue weighted by molar-refractivity contribution is -0.121. The van der Waals surface area contributed by atoms with E-state index in [2.05, 4.69) is 15.3 Å². The second-order valence-electron chi connectivity index (χ2n) is 3.39. The van der Waals surface area contributed by atoms with Crippen LogP contribution in [-0.4, -0.2) is 21.4 Å². The van der Waals surface area contributed by atoms with Crippen LogP contribution in [0.4, 0.5) is 5.95 Å². The number of nitrogens with zero attached hydrogens (tertiary/aromatic N) is 2. The molecule has 0 aromatic carbocycles. The third-order valence-corrected chi connectivity index (χ3v) is 2.51. The van der Waals surface area contributed by atoms with Gasteiger partial charge < -0.3 is 5.73 Å². The Labute approximate surface area is 89.1 Å². The van der Waals surface area contributed by atoms with E-state index in [9.17, 15) is 4.79 Å². The van der Waals surface area contributed by atoms with E-state index in [4.69, 9.17) is 5.73 Å². The standard InChI is InChI=1S/C10H16N4O/c1-3-10(11,4-2)8(15)14-9-12-6-5-7-13-9/h5-7H,3-4,11H2,1-2H3,(H,12,13,14,15). The van der Waals surface area contributed by atoms with Crippen molar-refractivity contribution >= 4 is 11.9 Å². The summed E-state index contributed by atoms with van der Waals surface area (Å²) in [5.41, 5.74) is 5.09. The van der Waals surface area contributed by atoms with Crippen LogP contribution in [-0.2, 0) is 4.79 Å². The summed E-state index contributed by atoms with van der Waals surface area (Å²) in [6.45, 7) is 3.77. The number of carbonyl (C=O) groups excluding carboxylic acids is 1. The Bertz CT molecular complexity index is 321. The second kappa shape index (κ2) is 4.84. The van der Waals surface area contributed by atoms with Crippen molar-refractivity contribution in [3.63, 3.8) is 0 Å². The fourth-order valence-corrected chi connectivity index (χ4v) is 1.16. The second-order valence-corrected chi connectivity index (χ2v) is 3.39. The SMILES string of the molecule is CCC(N)(CC)C(=O)Nc1ncccn1. The molecule has 0 saturated carbocycles. The van der Waals surface area contributed by atoms with Gasteiger partial charge in [-0.2, -0.15) is 0 Å². The van der Waals surface area contributed by atoms with Gasteiger partial charge in [-0.3, -0.25) is 10.1 Å². The summed E-state index contributed by atoms with van der Waals surface area (Å²) in [7, 11) is 0. The zero-order valence-electron chi connectivity index (χ0n) is 9.03. The largest absolute Gasteiger partial charge is 0.317 e. The summed E-state index contributed by atoms with van der Waals surface area (Å²) in [6, 6.07) is 1.69. The minimum atomic E-state index is -0.834. The molecule has 1 aromatic heterocycles. The predicted molar refractivity (Wildman–Crippen MR) is 58.2 cm³/mol. The van der Waals surface area contributed by atoms with Crippen molar-refractivity contribution in [2.75, 3.05) is 5.32 Å². The van der Waals surface area contributed by atoms with E-state index in [1.807, 2.05) is 13.8 Å². The molecule has 0 radical (unpaired) electrons. The number of amides is 1. The number of hydrogen-bond donors (Lipinski definition) is 2. The van der Waals surface area contributed by atoms with E-state index in [0.717, 1.165) is 0 Å². The van der Waals surface area contributed by atoms with E-state index in [1.54, 1.807) is 18.5 Å². The molecule has 3 N–H and O–H groups in total. The lowest BCUT2D eigenvalue weighted by Gasteiger charge is -2.24. The van der Waals surface area contributed by atoms with E-state index in [0.29, 0.717) is 18.8 Å². The number of rotatable bonds is 4. The first-order valence-electron chi connectivity index (χ1n) is 4.99. The summed E-state index contributed by atoms with van der Waals surface area (Å²) in [5, 5.41) is 2.60. The van der Waals surface area contributed by atoms with E-state index < -0.39 is 5.54 Å². The molecule has 0 bridgehead atoms. The van der Waals surface area contributed by atoms with Gasteiger partial charge in [0.25, 0.3) is 0 Å². The molecule has 15 heavy (non-hydrogen) atoms. The number of nitrogens with one attached hydrogen (secondary N) is 1. The van der Waals surface area contributed by atoms with Gasteiger partial charge >= 0.3 is 0 Å². The summed E-state index contributed by atoms with van der Waals surface area (Å²) >= 11 is 0. The van der Waals surface area contributed by atoms with Crippen molar-refractivity contribution in [3.8, 4) is 0 Å². The van der Waals surface area contributed by atoms with Crippen LogP contribution in [0, 0.1) is 0 Å². The third-order valence-electron chi connectivity index (χ3n) is 2.51. The molecule has 5 nitrogen and oxygen atoms in total. The Morgan fingerprint density at radius 1 is 1.40 bits per heavy atom. The molecule has 82 valence electrons. The topological polar surface area (TPSA) is 80.9 Å². The smallest absolute Gasteiger partial charge is 0.246 e. The van der Waals surface area contributed by atoms with Crippen LogP contribution in [0.1, 0.15) is 26.7 Å². The summed E-state index contributed by atoms with van der Waals surface area (Å²) < 4.78 is 0. The summed E-state index contributed by atoms with van der Waals surface area (Å²) in [6.07, 6.45) is 4.31. The quantitative estimate of drug-likeness (QED) is 0.771. The maximum atomic E-state index is 11.8. The highest BCUT2D eigenvalue weighted by Crippen LogP contribution is 2.13. The molecule has 1 rings (SSSR count). The molecule has 0 aliphatic carbocycles. The van der Waals surface area contributed by atoms with Crippen LogP contribution in [0.3, 0.4) is 0 Å². The first kappa shape index (κ1) is 11.6. The fraction of sp³-hybridized carbons (Fsp3) is 0.500. The molecular formula is C10H16N4O. The average molecular weight is 208 g/mol. The van der Waals surface area contributed by atoms with Crippen LogP contribution in [0.15, 0.2) is 18.5 Å². The van der Waals surface area contributed by atoms with Crippen LogP contribution < -0.4 is 11.1 Å². The Hall–Kier alpha value is -1.49. The minimum absolute atomic E-state index is 0.237. The normalized spacial score (nSPS) is 11.1. The highest BCUT2D eigenvalue weighted by molar-refractivity contribution is 5.96. The monoisotopic (exact) mass is 208 g/mol. The van der Waals surface area contributed by atoms with Crippen molar-refractivity contribution in [1.82, 2.24) is 9.97 Å². The van der Waals surface area contributed by atoms with Crippen LogP contribution >= 0.6 is 0 Å². The molecule has 1 aromatic rings. The molecule has 0 saturated heterocycles. The lowest BCUT2D eigenvalue weighted by atomic mass is 9.93. The molecule has 1 heterocycles. The Kier molecular flexibility index (Phi) is 3.74. The maximum absolute atomic E-state index is 11.8. The van der Waals surface area contributed by atoms with Crippen LogP contribution in [0.5, 0.6) is 0 Å².